The van der Waals surface area contributed by atoms with Crippen LogP contribution in [0.3, 0.4) is 0 Å². The number of unbranched alkanes of at least 4 members (excludes halogenated alkanes) is 2. The first-order valence-corrected chi connectivity index (χ1v) is 12.9. The summed E-state index contributed by atoms with van der Waals surface area (Å²) in [5, 5.41) is 0.644. The van der Waals surface area contributed by atoms with Gasteiger partial charge in [-0.1, -0.05) is 72.2 Å². The van der Waals surface area contributed by atoms with E-state index in [0.29, 0.717) is 11.4 Å². The lowest BCUT2D eigenvalue weighted by molar-refractivity contribution is 0.0981. The summed E-state index contributed by atoms with van der Waals surface area (Å²) in [7, 11) is -3.67. The maximum Gasteiger partial charge on any atom is 0.264 e. The zero-order chi connectivity index (χ0) is 21.9. The number of hydrogen-bond donors (Lipinski definition) is 1. The average molecular weight is 560 g/mol. The first-order valence-electron chi connectivity index (χ1n) is 9.65. The molecule has 9 heteroatoms. The molecule has 6 nitrogen and oxygen atoms in total. The molecular formula is C21H23ClIN3O3S. The van der Waals surface area contributed by atoms with Crippen molar-refractivity contribution in [2.75, 3.05) is 5.75 Å². The Balaban J connectivity index is 1.93. The van der Waals surface area contributed by atoms with E-state index in [1.165, 1.54) is 0 Å². The van der Waals surface area contributed by atoms with Crippen molar-refractivity contribution in [3.63, 3.8) is 0 Å². The lowest BCUT2D eigenvalue weighted by Gasteiger charge is -2.17. The van der Waals surface area contributed by atoms with E-state index < -0.39 is 15.9 Å². The van der Waals surface area contributed by atoms with Gasteiger partial charge in [-0.3, -0.25) is 4.79 Å². The second kappa shape index (κ2) is 9.65. The minimum atomic E-state index is -3.67. The Morgan fingerprint density at radius 2 is 1.97 bits per heavy atom. The molecular weight excluding hydrogens is 537 g/mol. The topological polar surface area (TPSA) is 81.1 Å². The molecule has 0 saturated heterocycles. The molecule has 1 N–H and O–H groups in total. The molecule has 1 unspecified atom stereocenters. The molecule has 1 atom stereocenters. The van der Waals surface area contributed by atoms with E-state index >= 15 is 0 Å². The van der Waals surface area contributed by atoms with Crippen LogP contribution in [0, 0.1) is 6.92 Å². The van der Waals surface area contributed by atoms with Crippen molar-refractivity contribution in [3.8, 4) is 0 Å². The number of carbonyl (C=O) groups is 1. The van der Waals surface area contributed by atoms with Crippen LogP contribution in [0.25, 0.3) is 11.0 Å². The lowest BCUT2D eigenvalue weighted by atomic mass is 10.2. The van der Waals surface area contributed by atoms with Gasteiger partial charge in [-0.05, 0) is 37.6 Å². The first kappa shape index (κ1) is 23.0. The Hall–Kier alpha value is -1.65. The number of aryl methyl sites for hydroxylation is 1. The van der Waals surface area contributed by atoms with E-state index in [2.05, 4.69) is 32.3 Å². The minimum Gasteiger partial charge on any atom is -0.311 e. The van der Waals surface area contributed by atoms with Crippen molar-refractivity contribution in [1.29, 1.82) is 0 Å². The number of fused-ring (bicyclic) bond motifs is 1. The fraction of sp³-hybridized carbons (Fsp3) is 0.333. The number of alkyl halides is 1. The number of carbonyl (C=O) groups excluding carboxylic acids is 1. The SMILES string of the molecule is CCCCCS(=O)(=O)NC(=O)c1ccc2nc(C)n(C(I)c3ccccc3Cl)c2c1. The van der Waals surface area contributed by atoms with Gasteiger partial charge in [0.2, 0.25) is 10.0 Å². The smallest absolute Gasteiger partial charge is 0.264 e. The molecule has 1 amide bonds. The van der Waals surface area contributed by atoms with Gasteiger partial charge >= 0.3 is 0 Å². The van der Waals surface area contributed by atoms with Gasteiger partial charge in [0.15, 0.2) is 0 Å². The molecule has 0 spiro atoms. The third-order valence-corrected chi connectivity index (χ3v) is 7.68. The van der Waals surface area contributed by atoms with Gasteiger partial charge < -0.3 is 4.57 Å². The second-order valence-electron chi connectivity index (χ2n) is 7.05. The Bertz CT molecular complexity index is 1180. The average Bonchev–Trinajstić information content (AvgIpc) is 3.02. The Morgan fingerprint density at radius 1 is 1.23 bits per heavy atom. The lowest BCUT2D eigenvalue weighted by Crippen LogP contribution is -2.32. The normalized spacial score (nSPS) is 12.8. The highest BCUT2D eigenvalue weighted by molar-refractivity contribution is 14.1. The van der Waals surface area contributed by atoms with Crippen LogP contribution in [-0.2, 0) is 10.0 Å². The van der Waals surface area contributed by atoms with Crippen LogP contribution in [-0.4, -0.2) is 29.6 Å². The number of hydrogen-bond acceptors (Lipinski definition) is 4. The highest BCUT2D eigenvalue weighted by atomic mass is 127. The molecule has 0 fully saturated rings. The Kier molecular flexibility index (Phi) is 7.41. The molecule has 1 aromatic heterocycles. The predicted octanol–water partition coefficient (Wildman–Crippen LogP) is 5.23. The standard InChI is InChI=1S/C21H23ClIN3O3S/c1-3-4-7-12-30(28,29)25-21(27)15-10-11-18-19(13-15)26(14(2)24-18)20(23)16-8-5-6-9-17(16)22/h5-6,8-11,13,20H,3-4,7,12H2,1-2H3,(H,25,27). The summed E-state index contributed by atoms with van der Waals surface area (Å²) in [5.74, 6) is 0.0735. The largest absolute Gasteiger partial charge is 0.311 e. The molecule has 160 valence electrons. The molecule has 30 heavy (non-hydrogen) atoms. The molecule has 3 rings (SSSR count). The highest BCUT2D eigenvalue weighted by Gasteiger charge is 2.21. The number of benzene rings is 2. The number of imidazole rings is 1. The van der Waals surface area contributed by atoms with Crippen LogP contribution < -0.4 is 4.72 Å². The molecule has 1 heterocycles. The van der Waals surface area contributed by atoms with Gasteiger partial charge in [-0.2, -0.15) is 0 Å². The number of amides is 1. The zero-order valence-corrected chi connectivity index (χ0v) is 20.5. The van der Waals surface area contributed by atoms with Gasteiger partial charge in [0.25, 0.3) is 5.91 Å². The quantitative estimate of drug-likeness (QED) is 0.233. The molecule has 3 aromatic rings. The highest BCUT2D eigenvalue weighted by Crippen LogP contribution is 2.35. The van der Waals surface area contributed by atoms with E-state index in [1.54, 1.807) is 18.2 Å². The number of sulfonamides is 1. The summed E-state index contributed by atoms with van der Waals surface area (Å²) in [5.41, 5.74) is 2.66. The summed E-state index contributed by atoms with van der Waals surface area (Å²) in [6, 6.07) is 12.6. The molecule has 0 aliphatic rings. The van der Waals surface area contributed by atoms with E-state index in [0.717, 1.165) is 35.3 Å². The Labute approximate surface area is 195 Å². The number of nitrogens with one attached hydrogen (secondary N) is 1. The van der Waals surface area contributed by atoms with Crippen LogP contribution in [0.4, 0.5) is 0 Å². The van der Waals surface area contributed by atoms with Gasteiger partial charge in [-0.15, -0.1) is 0 Å². The van der Waals surface area contributed by atoms with Crippen LogP contribution in [0.1, 0.15) is 52.0 Å². The van der Waals surface area contributed by atoms with E-state index in [-0.39, 0.29) is 15.4 Å². The third-order valence-electron chi connectivity index (χ3n) is 4.78. The maximum absolute atomic E-state index is 12.6. The summed E-state index contributed by atoms with van der Waals surface area (Å²) >= 11 is 8.66. The van der Waals surface area contributed by atoms with Crippen molar-refractivity contribution in [3.05, 3.63) is 64.4 Å². The van der Waals surface area contributed by atoms with Crippen molar-refractivity contribution < 1.29 is 13.2 Å². The monoisotopic (exact) mass is 559 g/mol. The van der Waals surface area contributed by atoms with Crippen LogP contribution in [0.2, 0.25) is 5.02 Å². The van der Waals surface area contributed by atoms with Crippen molar-refractivity contribution >= 4 is 61.2 Å². The first-order chi connectivity index (χ1) is 14.2. The summed E-state index contributed by atoms with van der Waals surface area (Å²) in [4.78, 5) is 17.2. The molecule has 0 aliphatic heterocycles. The van der Waals surface area contributed by atoms with Crippen molar-refractivity contribution in [2.45, 2.75) is 37.2 Å². The fourth-order valence-corrected chi connectivity index (χ4v) is 6.00. The molecule has 0 bridgehead atoms. The van der Waals surface area contributed by atoms with Crippen molar-refractivity contribution in [1.82, 2.24) is 14.3 Å². The van der Waals surface area contributed by atoms with Gasteiger partial charge in [0.05, 0.1) is 16.8 Å². The van der Waals surface area contributed by atoms with Gasteiger partial charge in [0, 0.05) is 16.1 Å². The molecule has 2 aromatic carbocycles. The van der Waals surface area contributed by atoms with Crippen LogP contribution in [0.5, 0.6) is 0 Å². The van der Waals surface area contributed by atoms with Gasteiger partial charge in [0.1, 0.15) is 9.87 Å². The van der Waals surface area contributed by atoms with Crippen LogP contribution >= 0.6 is 34.2 Å². The number of rotatable bonds is 8. The number of aromatic nitrogens is 2. The molecule has 0 aliphatic carbocycles. The van der Waals surface area contributed by atoms with E-state index in [9.17, 15) is 13.2 Å². The molecule has 0 radical (unpaired) electrons. The van der Waals surface area contributed by atoms with E-state index in [4.69, 9.17) is 11.6 Å². The van der Waals surface area contributed by atoms with Crippen LogP contribution in [0.15, 0.2) is 42.5 Å². The fourth-order valence-electron chi connectivity index (χ4n) is 3.24. The van der Waals surface area contributed by atoms with E-state index in [1.807, 2.05) is 42.7 Å². The maximum atomic E-state index is 12.6. The van der Waals surface area contributed by atoms with Gasteiger partial charge in [-0.25, -0.2) is 18.1 Å². The second-order valence-corrected chi connectivity index (χ2v) is 10.5. The predicted molar refractivity (Wildman–Crippen MR) is 129 cm³/mol. The minimum absolute atomic E-state index is 0.0613. The van der Waals surface area contributed by atoms with Crippen molar-refractivity contribution in [2.24, 2.45) is 0 Å². The zero-order valence-electron chi connectivity index (χ0n) is 16.7. The molecule has 0 saturated carbocycles. The number of halogens is 2. The summed E-state index contributed by atoms with van der Waals surface area (Å²) < 4.78 is 28.4. The third kappa shape index (κ3) is 5.15. The number of nitrogens with zero attached hydrogens (tertiary/aromatic N) is 2. The Morgan fingerprint density at radius 3 is 2.67 bits per heavy atom. The summed E-state index contributed by atoms with van der Waals surface area (Å²) in [6.07, 6.45) is 2.24. The summed E-state index contributed by atoms with van der Waals surface area (Å²) in [6.45, 7) is 3.88.